The zero-order valence-electron chi connectivity index (χ0n) is 13.6. The van der Waals surface area contributed by atoms with E-state index in [1.54, 1.807) is 6.20 Å². The first-order chi connectivity index (χ1) is 11.6. The summed E-state index contributed by atoms with van der Waals surface area (Å²) in [7, 11) is 0. The Hall–Kier alpha value is -2.59. The fourth-order valence-electron chi connectivity index (χ4n) is 2.18. The van der Waals surface area contributed by atoms with Crippen molar-refractivity contribution in [3.63, 3.8) is 0 Å². The average molecular weight is 334 g/mol. The SMILES string of the molecule is Cc1ccc(Sc2ncccc2NC(=O)c2ccc(C)cc2)cc1. The molecule has 3 nitrogen and oxygen atoms in total. The van der Waals surface area contributed by atoms with Crippen molar-refractivity contribution in [3.05, 3.63) is 83.6 Å². The van der Waals surface area contributed by atoms with Crippen molar-refractivity contribution >= 4 is 23.4 Å². The van der Waals surface area contributed by atoms with Gasteiger partial charge in [-0.25, -0.2) is 4.98 Å². The number of anilines is 1. The van der Waals surface area contributed by atoms with Crippen molar-refractivity contribution in [3.8, 4) is 0 Å². The van der Waals surface area contributed by atoms with Crippen LogP contribution in [0.25, 0.3) is 0 Å². The summed E-state index contributed by atoms with van der Waals surface area (Å²) in [4.78, 5) is 17.9. The number of carbonyl (C=O) groups excluding carboxylic acids is 1. The highest BCUT2D eigenvalue weighted by Gasteiger charge is 2.11. The molecule has 0 fully saturated rings. The van der Waals surface area contributed by atoms with Crippen LogP contribution in [0.5, 0.6) is 0 Å². The number of hydrogen-bond acceptors (Lipinski definition) is 3. The van der Waals surface area contributed by atoms with Gasteiger partial charge in [0.2, 0.25) is 0 Å². The number of amides is 1. The molecule has 0 unspecified atom stereocenters. The summed E-state index contributed by atoms with van der Waals surface area (Å²) in [6, 6.07) is 19.5. The summed E-state index contributed by atoms with van der Waals surface area (Å²) in [5.41, 5.74) is 3.70. The summed E-state index contributed by atoms with van der Waals surface area (Å²) in [6.45, 7) is 4.06. The van der Waals surface area contributed by atoms with E-state index >= 15 is 0 Å². The summed E-state index contributed by atoms with van der Waals surface area (Å²) in [5, 5.41) is 3.74. The van der Waals surface area contributed by atoms with Crippen LogP contribution >= 0.6 is 11.8 Å². The van der Waals surface area contributed by atoms with Gasteiger partial charge in [-0.05, 0) is 50.2 Å². The number of nitrogens with one attached hydrogen (secondary N) is 1. The van der Waals surface area contributed by atoms with Gasteiger partial charge in [0.05, 0.1) is 5.69 Å². The van der Waals surface area contributed by atoms with E-state index in [1.165, 1.54) is 17.3 Å². The van der Waals surface area contributed by atoms with Crippen molar-refractivity contribution in [2.24, 2.45) is 0 Å². The van der Waals surface area contributed by atoms with Crippen LogP contribution in [0.4, 0.5) is 5.69 Å². The molecule has 0 radical (unpaired) electrons. The number of nitrogens with zero attached hydrogens (tertiary/aromatic N) is 1. The summed E-state index contributed by atoms with van der Waals surface area (Å²) < 4.78 is 0. The number of hydrogen-bond donors (Lipinski definition) is 1. The lowest BCUT2D eigenvalue weighted by molar-refractivity contribution is 0.102. The van der Waals surface area contributed by atoms with Crippen LogP contribution in [0.15, 0.2) is 76.8 Å². The van der Waals surface area contributed by atoms with Gasteiger partial charge in [0.15, 0.2) is 0 Å². The molecule has 4 heteroatoms. The highest BCUT2D eigenvalue weighted by molar-refractivity contribution is 7.99. The first kappa shape index (κ1) is 16.3. The molecule has 3 aromatic rings. The Bertz CT molecular complexity index is 842. The molecule has 1 aromatic heterocycles. The van der Waals surface area contributed by atoms with Gasteiger partial charge in [-0.3, -0.25) is 4.79 Å². The number of aromatic nitrogens is 1. The summed E-state index contributed by atoms with van der Waals surface area (Å²) in [6.07, 6.45) is 1.73. The fourth-order valence-corrected chi connectivity index (χ4v) is 3.02. The molecule has 0 aliphatic heterocycles. The Morgan fingerprint density at radius 3 is 2.21 bits per heavy atom. The monoisotopic (exact) mass is 334 g/mol. The molecule has 1 amide bonds. The van der Waals surface area contributed by atoms with Crippen molar-refractivity contribution in [1.29, 1.82) is 0 Å². The van der Waals surface area contributed by atoms with Crippen LogP contribution in [-0.4, -0.2) is 10.9 Å². The average Bonchev–Trinajstić information content (AvgIpc) is 2.59. The molecule has 0 saturated heterocycles. The van der Waals surface area contributed by atoms with Gasteiger partial charge in [0, 0.05) is 16.7 Å². The van der Waals surface area contributed by atoms with E-state index in [0.717, 1.165) is 15.5 Å². The van der Waals surface area contributed by atoms with Crippen LogP contribution < -0.4 is 5.32 Å². The zero-order valence-corrected chi connectivity index (χ0v) is 14.4. The molecule has 1 N–H and O–H groups in total. The second kappa shape index (κ2) is 7.32. The summed E-state index contributed by atoms with van der Waals surface area (Å²) >= 11 is 1.54. The van der Waals surface area contributed by atoms with E-state index in [1.807, 2.05) is 43.3 Å². The van der Waals surface area contributed by atoms with Crippen LogP contribution in [0.2, 0.25) is 0 Å². The zero-order chi connectivity index (χ0) is 16.9. The minimum atomic E-state index is -0.131. The standard InChI is InChI=1S/C20H18N2OS/c1-14-5-9-16(10-6-14)19(23)22-18-4-3-13-21-20(18)24-17-11-7-15(2)8-12-17/h3-13H,1-2H3,(H,22,23). The van der Waals surface area contributed by atoms with Crippen molar-refractivity contribution in [2.75, 3.05) is 5.32 Å². The van der Waals surface area contributed by atoms with E-state index in [-0.39, 0.29) is 5.91 Å². The van der Waals surface area contributed by atoms with E-state index in [2.05, 4.69) is 41.5 Å². The molecule has 0 bridgehead atoms. The predicted octanol–water partition coefficient (Wildman–Crippen LogP) is 5.10. The van der Waals surface area contributed by atoms with Gasteiger partial charge in [-0.1, -0.05) is 47.2 Å². The fraction of sp³-hybridized carbons (Fsp3) is 0.100. The molecule has 0 aliphatic rings. The van der Waals surface area contributed by atoms with Crippen molar-refractivity contribution < 1.29 is 4.79 Å². The predicted molar refractivity (Wildman–Crippen MR) is 98.7 cm³/mol. The van der Waals surface area contributed by atoms with Gasteiger partial charge in [0.25, 0.3) is 5.91 Å². The Morgan fingerprint density at radius 2 is 1.54 bits per heavy atom. The summed E-state index contributed by atoms with van der Waals surface area (Å²) in [5.74, 6) is -0.131. The van der Waals surface area contributed by atoms with Gasteiger partial charge in [-0.2, -0.15) is 0 Å². The molecule has 3 rings (SSSR count). The normalized spacial score (nSPS) is 10.4. The molecule has 0 spiro atoms. The van der Waals surface area contributed by atoms with Crippen LogP contribution in [0.3, 0.4) is 0 Å². The lowest BCUT2D eigenvalue weighted by Crippen LogP contribution is -2.12. The van der Waals surface area contributed by atoms with E-state index in [9.17, 15) is 4.79 Å². The number of carbonyl (C=O) groups is 1. The van der Waals surface area contributed by atoms with Gasteiger partial charge < -0.3 is 5.32 Å². The van der Waals surface area contributed by atoms with Crippen LogP contribution in [0, 0.1) is 13.8 Å². The third kappa shape index (κ3) is 4.03. The third-order valence-electron chi connectivity index (χ3n) is 3.57. The maximum absolute atomic E-state index is 12.4. The Labute approximate surface area is 146 Å². The van der Waals surface area contributed by atoms with E-state index in [4.69, 9.17) is 0 Å². The first-order valence-electron chi connectivity index (χ1n) is 7.69. The number of aryl methyl sites for hydroxylation is 2. The first-order valence-corrected chi connectivity index (χ1v) is 8.51. The minimum absolute atomic E-state index is 0.131. The minimum Gasteiger partial charge on any atom is -0.320 e. The molecule has 120 valence electrons. The molecule has 2 aromatic carbocycles. The van der Waals surface area contributed by atoms with Crippen LogP contribution in [-0.2, 0) is 0 Å². The topological polar surface area (TPSA) is 42.0 Å². The molecular weight excluding hydrogens is 316 g/mol. The molecular formula is C20H18N2OS. The third-order valence-corrected chi connectivity index (χ3v) is 4.60. The number of pyridine rings is 1. The van der Waals surface area contributed by atoms with E-state index < -0.39 is 0 Å². The Balaban J connectivity index is 1.79. The maximum Gasteiger partial charge on any atom is 0.255 e. The lowest BCUT2D eigenvalue weighted by atomic mass is 10.1. The second-order valence-electron chi connectivity index (χ2n) is 5.59. The van der Waals surface area contributed by atoms with Gasteiger partial charge in [0.1, 0.15) is 5.03 Å². The number of benzene rings is 2. The number of rotatable bonds is 4. The smallest absolute Gasteiger partial charge is 0.255 e. The van der Waals surface area contributed by atoms with Crippen molar-refractivity contribution in [1.82, 2.24) is 4.98 Å². The highest BCUT2D eigenvalue weighted by Crippen LogP contribution is 2.31. The maximum atomic E-state index is 12.4. The van der Waals surface area contributed by atoms with Crippen molar-refractivity contribution in [2.45, 2.75) is 23.8 Å². The Kier molecular flexibility index (Phi) is 4.96. The molecule has 1 heterocycles. The molecule has 0 saturated carbocycles. The van der Waals surface area contributed by atoms with E-state index in [0.29, 0.717) is 11.3 Å². The van der Waals surface area contributed by atoms with Crippen LogP contribution in [0.1, 0.15) is 21.5 Å². The second-order valence-corrected chi connectivity index (χ2v) is 6.65. The molecule has 0 atom stereocenters. The quantitative estimate of drug-likeness (QED) is 0.721. The molecule has 24 heavy (non-hydrogen) atoms. The Morgan fingerprint density at radius 1 is 0.917 bits per heavy atom. The van der Waals surface area contributed by atoms with Gasteiger partial charge >= 0.3 is 0 Å². The molecule has 0 aliphatic carbocycles. The highest BCUT2D eigenvalue weighted by atomic mass is 32.2. The largest absolute Gasteiger partial charge is 0.320 e. The van der Waals surface area contributed by atoms with Gasteiger partial charge in [-0.15, -0.1) is 0 Å². The lowest BCUT2D eigenvalue weighted by Gasteiger charge is -2.10.